The summed E-state index contributed by atoms with van der Waals surface area (Å²) in [7, 11) is 0. The minimum Gasteiger partial charge on any atom is -0.288 e. The van der Waals surface area contributed by atoms with Gasteiger partial charge in [0.05, 0.1) is 6.10 Å². The van der Waals surface area contributed by atoms with Crippen LogP contribution in [0, 0.1) is 5.92 Å². The van der Waals surface area contributed by atoms with Crippen molar-refractivity contribution in [1.82, 2.24) is 0 Å². The van der Waals surface area contributed by atoms with Gasteiger partial charge in [-0.1, -0.05) is 19.1 Å². The Morgan fingerprint density at radius 3 is 2.58 bits per heavy atom. The highest BCUT2D eigenvalue weighted by molar-refractivity contribution is 4.95. The Morgan fingerprint density at radius 1 is 1.42 bits per heavy atom. The predicted molar refractivity (Wildman–Crippen MR) is 38.5 cm³/mol. The average molecular weight is 180 g/mol. The molecule has 0 saturated carbocycles. The molecule has 1 aliphatic rings. The lowest BCUT2D eigenvalue weighted by atomic mass is 9.94. The van der Waals surface area contributed by atoms with Crippen molar-refractivity contribution >= 4 is 0 Å². The Hall–Kier alpha value is -0.510. The number of hydrogen-bond acceptors (Lipinski definition) is 1. The Bertz CT molecular complexity index is 174. The molecule has 0 bridgehead atoms. The van der Waals surface area contributed by atoms with Crippen molar-refractivity contribution in [2.75, 3.05) is 0 Å². The lowest BCUT2D eigenvalue weighted by Crippen LogP contribution is -2.29. The molecule has 0 aromatic heterocycles. The third kappa shape index (κ3) is 2.85. The van der Waals surface area contributed by atoms with E-state index in [2.05, 4.69) is 4.74 Å². The molecule has 0 fully saturated rings. The second-order valence-electron chi connectivity index (χ2n) is 2.97. The van der Waals surface area contributed by atoms with Crippen LogP contribution < -0.4 is 0 Å². The van der Waals surface area contributed by atoms with Crippen molar-refractivity contribution in [2.24, 2.45) is 5.92 Å². The summed E-state index contributed by atoms with van der Waals surface area (Å²) in [5, 5.41) is 0. The minimum absolute atomic E-state index is 0.139. The summed E-state index contributed by atoms with van der Waals surface area (Å²) in [6.07, 6.45) is -0.414. The van der Waals surface area contributed by atoms with Gasteiger partial charge in [0.15, 0.2) is 0 Å². The fourth-order valence-electron chi connectivity index (χ4n) is 1.30. The quantitative estimate of drug-likeness (QED) is 0.564. The van der Waals surface area contributed by atoms with Crippen LogP contribution in [0.3, 0.4) is 0 Å². The zero-order valence-corrected chi connectivity index (χ0v) is 6.77. The molecule has 0 heterocycles. The molecule has 0 spiro atoms. The minimum atomic E-state index is -4.50. The summed E-state index contributed by atoms with van der Waals surface area (Å²) in [6.45, 7) is 1.73. The summed E-state index contributed by atoms with van der Waals surface area (Å²) in [6, 6.07) is 0. The van der Waals surface area contributed by atoms with Gasteiger partial charge in [-0.15, -0.1) is 13.2 Å². The zero-order valence-electron chi connectivity index (χ0n) is 6.77. The van der Waals surface area contributed by atoms with Crippen molar-refractivity contribution in [1.29, 1.82) is 0 Å². The molecule has 2 atom stereocenters. The van der Waals surface area contributed by atoms with E-state index in [9.17, 15) is 13.2 Å². The number of halogens is 3. The molecule has 70 valence electrons. The lowest BCUT2D eigenvalue weighted by Gasteiger charge is -2.25. The highest BCUT2D eigenvalue weighted by atomic mass is 19.4. The Morgan fingerprint density at radius 2 is 2.08 bits per heavy atom. The van der Waals surface area contributed by atoms with Gasteiger partial charge in [0.25, 0.3) is 0 Å². The lowest BCUT2D eigenvalue weighted by molar-refractivity contribution is -0.347. The third-order valence-electron chi connectivity index (χ3n) is 1.93. The SMILES string of the molecule is CC1C=CCCC1OC(F)(F)F. The maximum atomic E-state index is 11.8. The van der Waals surface area contributed by atoms with Gasteiger partial charge in [-0.3, -0.25) is 4.74 Å². The van der Waals surface area contributed by atoms with Gasteiger partial charge in [0, 0.05) is 5.92 Å². The third-order valence-corrected chi connectivity index (χ3v) is 1.93. The fraction of sp³-hybridized carbons (Fsp3) is 0.750. The first-order valence-corrected chi connectivity index (χ1v) is 3.90. The van der Waals surface area contributed by atoms with Crippen molar-refractivity contribution in [2.45, 2.75) is 32.2 Å². The average Bonchev–Trinajstić information content (AvgIpc) is 1.91. The van der Waals surface area contributed by atoms with Gasteiger partial charge >= 0.3 is 6.36 Å². The van der Waals surface area contributed by atoms with Crippen molar-refractivity contribution in [3.05, 3.63) is 12.2 Å². The Labute approximate surface area is 69.2 Å². The molecule has 0 aromatic rings. The van der Waals surface area contributed by atoms with Crippen LogP contribution in [0.25, 0.3) is 0 Å². The smallest absolute Gasteiger partial charge is 0.288 e. The molecule has 1 rings (SSSR count). The standard InChI is InChI=1S/C8H11F3O/c1-6-4-2-3-5-7(6)12-8(9,10)11/h2,4,6-7H,3,5H2,1H3. The summed E-state index contributed by atoms with van der Waals surface area (Å²) < 4.78 is 39.2. The van der Waals surface area contributed by atoms with Gasteiger partial charge in [-0.25, -0.2) is 0 Å². The predicted octanol–water partition coefficient (Wildman–Crippen LogP) is 2.88. The van der Waals surface area contributed by atoms with Crippen LogP contribution >= 0.6 is 0 Å². The molecule has 4 heteroatoms. The first-order valence-electron chi connectivity index (χ1n) is 3.90. The zero-order chi connectivity index (χ0) is 9.19. The molecule has 0 aliphatic heterocycles. The van der Waals surface area contributed by atoms with Crippen LogP contribution in [0.2, 0.25) is 0 Å². The van der Waals surface area contributed by atoms with Crippen LogP contribution in [0.5, 0.6) is 0 Å². The maximum absolute atomic E-state index is 11.8. The fourth-order valence-corrected chi connectivity index (χ4v) is 1.30. The number of ether oxygens (including phenoxy) is 1. The van der Waals surface area contributed by atoms with Crippen molar-refractivity contribution in [3.8, 4) is 0 Å². The molecule has 1 nitrogen and oxygen atoms in total. The number of hydrogen-bond donors (Lipinski definition) is 0. The second kappa shape index (κ2) is 3.47. The van der Waals surface area contributed by atoms with Crippen molar-refractivity contribution < 1.29 is 17.9 Å². The van der Waals surface area contributed by atoms with Crippen LogP contribution in [-0.4, -0.2) is 12.5 Å². The van der Waals surface area contributed by atoms with E-state index in [4.69, 9.17) is 0 Å². The molecule has 0 saturated heterocycles. The van der Waals surface area contributed by atoms with Gasteiger partial charge < -0.3 is 0 Å². The van der Waals surface area contributed by atoms with Crippen LogP contribution in [0.1, 0.15) is 19.8 Å². The first-order chi connectivity index (χ1) is 5.49. The Balaban J connectivity index is 2.47. The number of rotatable bonds is 1. The van der Waals surface area contributed by atoms with E-state index in [-0.39, 0.29) is 5.92 Å². The molecule has 0 amide bonds. The molecule has 0 N–H and O–H groups in total. The highest BCUT2D eigenvalue weighted by Gasteiger charge is 2.35. The molecule has 0 radical (unpaired) electrons. The molecular weight excluding hydrogens is 169 g/mol. The maximum Gasteiger partial charge on any atom is 0.522 e. The van der Waals surface area contributed by atoms with E-state index in [0.29, 0.717) is 12.8 Å². The summed E-state index contributed by atoms with van der Waals surface area (Å²) in [5.74, 6) is -0.139. The van der Waals surface area contributed by atoms with Crippen LogP contribution in [0.4, 0.5) is 13.2 Å². The summed E-state index contributed by atoms with van der Waals surface area (Å²) in [5.41, 5.74) is 0. The molecular formula is C8H11F3O. The topological polar surface area (TPSA) is 9.23 Å². The summed E-state index contributed by atoms with van der Waals surface area (Å²) >= 11 is 0. The Kier molecular flexibility index (Phi) is 2.77. The largest absolute Gasteiger partial charge is 0.522 e. The monoisotopic (exact) mass is 180 g/mol. The number of allylic oxidation sites excluding steroid dienone is 1. The molecule has 1 aliphatic carbocycles. The molecule has 2 unspecified atom stereocenters. The highest BCUT2D eigenvalue weighted by Crippen LogP contribution is 2.27. The van der Waals surface area contributed by atoms with E-state index in [0.717, 1.165) is 0 Å². The molecule has 12 heavy (non-hydrogen) atoms. The van der Waals surface area contributed by atoms with Gasteiger partial charge in [-0.05, 0) is 12.8 Å². The van der Waals surface area contributed by atoms with Gasteiger partial charge in [0.2, 0.25) is 0 Å². The van der Waals surface area contributed by atoms with E-state index >= 15 is 0 Å². The second-order valence-corrected chi connectivity index (χ2v) is 2.97. The van der Waals surface area contributed by atoms with E-state index in [1.807, 2.05) is 6.08 Å². The summed E-state index contributed by atoms with van der Waals surface area (Å²) in [4.78, 5) is 0. The van der Waals surface area contributed by atoms with Crippen LogP contribution in [0.15, 0.2) is 12.2 Å². The van der Waals surface area contributed by atoms with Gasteiger partial charge in [-0.2, -0.15) is 0 Å². The van der Waals surface area contributed by atoms with E-state index in [1.54, 1.807) is 13.0 Å². The van der Waals surface area contributed by atoms with E-state index < -0.39 is 12.5 Å². The molecule has 0 aromatic carbocycles. The van der Waals surface area contributed by atoms with Gasteiger partial charge in [0.1, 0.15) is 0 Å². The first kappa shape index (κ1) is 9.58. The van der Waals surface area contributed by atoms with Crippen LogP contribution in [-0.2, 0) is 4.74 Å². The normalized spacial score (nSPS) is 30.7. The van der Waals surface area contributed by atoms with Crippen molar-refractivity contribution in [3.63, 3.8) is 0 Å². The number of alkyl halides is 3. The van der Waals surface area contributed by atoms with E-state index in [1.165, 1.54) is 0 Å².